The average Bonchev–Trinajstić information content (AvgIpc) is 3.66. The highest BCUT2D eigenvalue weighted by Crippen LogP contribution is 2.38. The number of esters is 1. The van der Waals surface area contributed by atoms with Crippen molar-refractivity contribution in [1.29, 1.82) is 0 Å². The molecule has 258 valence electrons. The largest absolute Gasteiger partial charge is 0.462 e. The van der Waals surface area contributed by atoms with Gasteiger partial charge >= 0.3 is 5.97 Å². The van der Waals surface area contributed by atoms with E-state index in [1.807, 2.05) is 30.1 Å². The van der Waals surface area contributed by atoms with E-state index >= 15 is 4.39 Å². The van der Waals surface area contributed by atoms with Crippen LogP contribution >= 0.6 is 11.6 Å². The predicted octanol–water partition coefficient (Wildman–Crippen LogP) is 3.71. The number of likely N-dealkylation sites (N-methyl/N-ethyl adjacent to an activating group) is 1. The molecule has 0 bridgehead atoms. The van der Waals surface area contributed by atoms with Gasteiger partial charge in [-0.3, -0.25) is 19.3 Å². The highest BCUT2D eigenvalue weighted by Gasteiger charge is 2.35. The fourth-order valence-electron chi connectivity index (χ4n) is 6.33. The second-order valence-corrected chi connectivity index (χ2v) is 12.2. The lowest BCUT2D eigenvalue weighted by molar-refractivity contribution is -0.129. The minimum absolute atomic E-state index is 0.0131. The molecule has 1 fully saturated rings. The van der Waals surface area contributed by atoms with E-state index in [0.717, 1.165) is 16.8 Å². The monoisotopic (exact) mass is 700 g/mol. The number of piperazine rings is 1. The van der Waals surface area contributed by atoms with Crippen LogP contribution in [0.3, 0.4) is 0 Å². The van der Waals surface area contributed by atoms with Crippen LogP contribution in [-0.4, -0.2) is 101 Å². The summed E-state index contributed by atoms with van der Waals surface area (Å²) in [5, 5.41) is 10.9. The van der Waals surface area contributed by atoms with Gasteiger partial charge in [0.1, 0.15) is 6.33 Å². The zero-order valence-electron chi connectivity index (χ0n) is 27.4. The molecule has 0 aliphatic carbocycles. The van der Waals surface area contributed by atoms with Gasteiger partial charge in [-0.05, 0) is 90.5 Å². The third-order valence-electron chi connectivity index (χ3n) is 8.82. The van der Waals surface area contributed by atoms with Crippen LogP contribution < -0.4 is 9.80 Å². The van der Waals surface area contributed by atoms with Crippen LogP contribution in [0.25, 0.3) is 11.8 Å². The second kappa shape index (κ2) is 15.0. The molecule has 0 radical (unpaired) electrons. The van der Waals surface area contributed by atoms with Gasteiger partial charge in [0.2, 0.25) is 18.2 Å². The summed E-state index contributed by atoms with van der Waals surface area (Å²) in [4.78, 5) is 58.8. The van der Waals surface area contributed by atoms with Crippen molar-refractivity contribution in [2.75, 3.05) is 56.2 Å². The summed E-state index contributed by atoms with van der Waals surface area (Å²) in [6.07, 6.45) is 5.00. The number of halogens is 2. The summed E-state index contributed by atoms with van der Waals surface area (Å²) in [6.45, 7) is 3.77. The first kappa shape index (κ1) is 34.4. The molecule has 3 heterocycles. The van der Waals surface area contributed by atoms with Crippen LogP contribution in [0.4, 0.5) is 15.8 Å². The van der Waals surface area contributed by atoms with Crippen molar-refractivity contribution >= 4 is 53.2 Å². The molecular formula is C35H34ClFN8O5. The van der Waals surface area contributed by atoms with Crippen molar-refractivity contribution in [3.8, 4) is 5.69 Å². The Bertz CT molecular complexity index is 1940. The van der Waals surface area contributed by atoms with E-state index in [-0.39, 0.29) is 48.4 Å². The fraction of sp³-hybridized carbons (Fsp3) is 0.286. The molecule has 3 aromatic carbocycles. The molecule has 1 atom stereocenters. The smallest absolute Gasteiger partial charge is 0.338 e. The summed E-state index contributed by atoms with van der Waals surface area (Å²) < 4.78 is 21.7. The van der Waals surface area contributed by atoms with Crippen molar-refractivity contribution in [3.63, 3.8) is 0 Å². The van der Waals surface area contributed by atoms with E-state index in [1.165, 1.54) is 34.1 Å². The molecule has 1 aromatic heterocycles. The molecule has 6 rings (SSSR count). The molecule has 4 aromatic rings. The summed E-state index contributed by atoms with van der Waals surface area (Å²) in [5.41, 5.74) is 3.59. The van der Waals surface area contributed by atoms with Crippen LogP contribution in [0.15, 0.2) is 67.0 Å². The van der Waals surface area contributed by atoms with Gasteiger partial charge < -0.3 is 19.4 Å². The maximum absolute atomic E-state index is 15.3. The average molecular weight is 701 g/mol. The van der Waals surface area contributed by atoms with Crippen molar-refractivity contribution in [2.24, 2.45) is 0 Å². The van der Waals surface area contributed by atoms with Crippen LogP contribution in [0.5, 0.6) is 0 Å². The van der Waals surface area contributed by atoms with Crippen LogP contribution in [0.2, 0.25) is 5.02 Å². The zero-order chi connectivity index (χ0) is 35.4. The van der Waals surface area contributed by atoms with Gasteiger partial charge in [-0.25, -0.2) is 9.18 Å². The molecule has 13 nitrogen and oxygen atoms in total. The van der Waals surface area contributed by atoms with E-state index in [1.54, 1.807) is 47.1 Å². The lowest BCUT2D eigenvalue weighted by atomic mass is 9.89. The van der Waals surface area contributed by atoms with E-state index in [2.05, 4.69) is 15.5 Å². The van der Waals surface area contributed by atoms with Gasteiger partial charge in [-0.1, -0.05) is 23.7 Å². The first-order valence-electron chi connectivity index (χ1n) is 16.0. The van der Waals surface area contributed by atoms with Gasteiger partial charge in [0.25, 0.3) is 0 Å². The first-order chi connectivity index (χ1) is 24.2. The number of benzene rings is 3. The number of rotatable bonds is 10. The molecule has 3 amide bonds. The first-order valence-corrected chi connectivity index (χ1v) is 16.4. The maximum Gasteiger partial charge on any atom is 0.338 e. The quantitative estimate of drug-likeness (QED) is 0.138. The summed E-state index contributed by atoms with van der Waals surface area (Å²) >= 11 is 6.10. The number of nitrogens with zero attached hydrogens (tertiary/aromatic N) is 8. The fourth-order valence-corrected chi connectivity index (χ4v) is 6.49. The number of amides is 3. The normalized spacial score (nSPS) is 16.4. The second-order valence-electron chi connectivity index (χ2n) is 11.8. The third-order valence-corrected chi connectivity index (χ3v) is 9.11. The number of fused-ring (bicyclic) bond motifs is 1. The topological polar surface area (TPSA) is 134 Å². The molecular weight excluding hydrogens is 667 g/mol. The van der Waals surface area contributed by atoms with Crippen LogP contribution in [-0.2, 0) is 25.5 Å². The van der Waals surface area contributed by atoms with E-state index in [0.29, 0.717) is 37.2 Å². The molecule has 2 aliphatic rings. The summed E-state index contributed by atoms with van der Waals surface area (Å²) in [5.74, 6) is -1.69. The Hall–Kier alpha value is -5.47. The SMILES string of the molecule is CCOC(=O)c1ccc(N(C=O)CC2c3cccc(N4CCN(C)CC4=O)c3CCN2C(=O)C=Cc2c(-n3cnnn3)ccc(Cl)c2F)cc1. The molecule has 15 heteroatoms. The molecule has 1 saturated heterocycles. The zero-order valence-corrected chi connectivity index (χ0v) is 28.2. The number of hydrogen-bond acceptors (Lipinski definition) is 9. The number of ether oxygens (including phenoxy) is 1. The van der Waals surface area contributed by atoms with E-state index in [4.69, 9.17) is 16.3 Å². The Balaban J connectivity index is 1.36. The van der Waals surface area contributed by atoms with Crippen molar-refractivity contribution in [3.05, 3.63) is 100 Å². The molecule has 0 saturated carbocycles. The third kappa shape index (κ3) is 6.98. The van der Waals surface area contributed by atoms with Gasteiger partial charge in [-0.15, -0.1) is 5.10 Å². The van der Waals surface area contributed by atoms with Gasteiger partial charge in [-0.2, -0.15) is 4.68 Å². The van der Waals surface area contributed by atoms with Crippen molar-refractivity contribution in [2.45, 2.75) is 19.4 Å². The van der Waals surface area contributed by atoms with Crippen molar-refractivity contribution in [1.82, 2.24) is 30.0 Å². The summed E-state index contributed by atoms with van der Waals surface area (Å²) in [7, 11) is 1.90. The van der Waals surface area contributed by atoms with E-state index < -0.39 is 23.7 Å². The number of carbonyl (C=O) groups excluding carboxylic acids is 4. The number of aromatic nitrogens is 4. The maximum atomic E-state index is 15.3. The molecule has 1 unspecified atom stereocenters. The highest BCUT2D eigenvalue weighted by molar-refractivity contribution is 6.31. The van der Waals surface area contributed by atoms with Crippen molar-refractivity contribution < 1.29 is 28.3 Å². The standard InChI is InChI=1S/C35H34ClFN8O5/c1-3-50-35(49)23-7-9-24(10-8-23)42(22-46)19-31-25-5-4-6-29(44-18-17-41(2)20-33(44)48)26(25)15-16-43(31)32(47)14-11-27-30(45-21-38-39-40-45)13-12-28(36)34(27)37/h4-14,21-22,31H,3,15-20H2,1-2H3. The Kier molecular flexibility index (Phi) is 10.3. The number of tetrazole rings is 1. The number of anilines is 2. The molecule has 2 aliphatic heterocycles. The minimum atomic E-state index is -0.746. The van der Waals surface area contributed by atoms with Gasteiger partial charge in [0.15, 0.2) is 5.82 Å². The molecule has 0 spiro atoms. The Morgan fingerprint density at radius 3 is 2.58 bits per heavy atom. The van der Waals surface area contributed by atoms with Crippen LogP contribution in [0.1, 0.15) is 40.0 Å². The predicted molar refractivity (Wildman–Crippen MR) is 183 cm³/mol. The minimum Gasteiger partial charge on any atom is -0.462 e. The van der Waals surface area contributed by atoms with Gasteiger partial charge in [0, 0.05) is 42.6 Å². The van der Waals surface area contributed by atoms with Gasteiger partial charge in [0.05, 0.1) is 42.0 Å². The lowest BCUT2D eigenvalue weighted by Gasteiger charge is -2.41. The number of carbonyl (C=O) groups is 4. The lowest BCUT2D eigenvalue weighted by Crippen LogP contribution is -2.50. The summed E-state index contributed by atoms with van der Waals surface area (Å²) in [6, 6.07) is 14.3. The molecule has 0 N–H and O–H groups in total. The Morgan fingerprint density at radius 1 is 1.08 bits per heavy atom. The van der Waals surface area contributed by atoms with Crippen LogP contribution in [0, 0.1) is 5.82 Å². The Labute approximate surface area is 292 Å². The van der Waals surface area contributed by atoms with E-state index in [9.17, 15) is 19.2 Å². The molecule has 50 heavy (non-hydrogen) atoms. The Morgan fingerprint density at radius 2 is 1.88 bits per heavy atom. The highest BCUT2D eigenvalue weighted by atomic mass is 35.5. The number of hydrogen-bond donors (Lipinski definition) is 0.